The first-order valence-electron chi connectivity index (χ1n) is 8.59. The fraction of sp³-hybridized carbons (Fsp3) is 0.474. The fourth-order valence-electron chi connectivity index (χ4n) is 3.03. The number of aliphatic hydroxyl groups excluding tert-OH is 1. The molecule has 2 N–H and O–H groups in total. The van der Waals surface area contributed by atoms with E-state index in [0.717, 1.165) is 42.5 Å². The van der Waals surface area contributed by atoms with Crippen LogP contribution in [0.4, 0.5) is 11.6 Å². The highest BCUT2D eigenvalue weighted by Crippen LogP contribution is 2.27. The minimum absolute atomic E-state index is 0.294. The minimum Gasteiger partial charge on any atom is -0.389 e. The Morgan fingerprint density at radius 1 is 1.12 bits per heavy atom. The molecule has 1 aromatic carbocycles. The lowest BCUT2D eigenvalue weighted by molar-refractivity contribution is 0.199. The molecule has 0 fully saturated rings. The molecule has 1 atom stereocenters. The van der Waals surface area contributed by atoms with Gasteiger partial charge in [-0.25, -0.2) is 9.97 Å². The first kappa shape index (κ1) is 16.7. The Hall–Kier alpha value is -2.14. The highest BCUT2D eigenvalue weighted by Gasteiger charge is 2.20. The molecule has 0 saturated carbocycles. The fourth-order valence-corrected chi connectivity index (χ4v) is 3.03. The number of fused-ring (bicyclic) bond motifs is 1. The van der Waals surface area contributed by atoms with E-state index >= 15 is 0 Å². The Balaban J connectivity index is 1.89. The average molecular weight is 326 g/mol. The lowest BCUT2D eigenvalue weighted by Gasteiger charge is -2.31. The predicted octanol–water partition coefficient (Wildman–Crippen LogP) is 3.26. The van der Waals surface area contributed by atoms with Crippen molar-refractivity contribution in [1.29, 1.82) is 0 Å². The maximum Gasteiger partial charge on any atom is 0.135 e. The molecular weight excluding hydrogens is 300 g/mol. The van der Waals surface area contributed by atoms with Gasteiger partial charge in [0.2, 0.25) is 0 Å². The molecule has 128 valence electrons. The van der Waals surface area contributed by atoms with Gasteiger partial charge < -0.3 is 15.3 Å². The molecule has 2 heterocycles. The van der Waals surface area contributed by atoms with Crippen LogP contribution in [0.2, 0.25) is 0 Å². The van der Waals surface area contributed by atoms with Crippen molar-refractivity contribution in [3.63, 3.8) is 0 Å². The van der Waals surface area contributed by atoms with E-state index in [1.165, 1.54) is 11.1 Å². The number of aromatic nitrogens is 2. The molecule has 0 spiro atoms. The first-order valence-corrected chi connectivity index (χ1v) is 8.59. The standard InChI is InChI=1S/C19H26N4O/c1-12(2)19-21-17(20-4)10-18(22-19)23-8-7-15-9-14(13(3)24)5-6-16(15)11-23/h5-6,9-10,12-13,24H,7-8,11H2,1-4H3,(H,20,21,22)/t13-/m0/s1. The van der Waals surface area contributed by atoms with E-state index in [1.54, 1.807) is 0 Å². The van der Waals surface area contributed by atoms with Crippen LogP contribution < -0.4 is 10.2 Å². The van der Waals surface area contributed by atoms with E-state index in [0.29, 0.717) is 5.92 Å². The largest absolute Gasteiger partial charge is 0.389 e. The zero-order chi connectivity index (χ0) is 17.3. The lowest BCUT2D eigenvalue weighted by atomic mass is 9.96. The van der Waals surface area contributed by atoms with E-state index in [-0.39, 0.29) is 0 Å². The average Bonchev–Trinajstić information content (AvgIpc) is 2.60. The summed E-state index contributed by atoms with van der Waals surface area (Å²) >= 11 is 0. The third-order valence-corrected chi connectivity index (χ3v) is 4.55. The van der Waals surface area contributed by atoms with Crippen LogP contribution in [0.3, 0.4) is 0 Å². The summed E-state index contributed by atoms with van der Waals surface area (Å²) in [6.45, 7) is 7.80. The van der Waals surface area contributed by atoms with Crippen molar-refractivity contribution in [2.45, 2.75) is 45.8 Å². The number of aliphatic hydroxyl groups is 1. The van der Waals surface area contributed by atoms with Gasteiger partial charge in [0.25, 0.3) is 0 Å². The second-order valence-electron chi connectivity index (χ2n) is 6.75. The van der Waals surface area contributed by atoms with E-state index in [1.807, 2.05) is 26.1 Å². The van der Waals surface area contributed by atoms with E-state index < -0.39 is 6.10 Å². The quantitative estimate of drug-likeness (QED) is 0.903. The number of nitrogens with zero attached hydrogens (tertiary/aromatic N) is 3. The summed E-state index contributed by atoms with van der Waals surface area (Å²) in [5.41, 5.74) is 3.63. The molecule has 3 rings (SSSR count). The second kappa shape index (κ2) is 6.77. The topological polar surface area (TPSA) is 61.3 Å². The summed E-state index contributed by atoms with van der Waals surface area (Å²) in [4.78, 5) is 11.6. The Labute approximate surface area is 143 Å². The Bertz CT molecular complexity index is 727. The van der Waals surface area contributed by atoms with Crippen LogP contribution in [0.5, 0.6) is 0 Å². The predicted molar refractivity (Wildman–Crippen MR) is 97.5 cm³/mol. The van der Waals surface area contributed by atoms with Gasteiger partial charge in [0.1, 0.15) is 17.5 Å². The summed E-state index contributed by atoms with van der Waals surface area (Å²) in [6, 6.07) is 8.30. The minimum atomic E-state index is -0.415. The molecule has 1 aliphatic rings. The van der Waals surface area contributed by atoms with Crippen LogP contribution in [0.15, 0.2) is 24.3 Å². The first-order chi connectivity index (χ1) is 11.5. The van der Waals surface area contributed by atoms with Gasteiger partial charge in [-0.05, 0) is 30.0 Å². The van der Waals surface area contributed by atoms with Crippen LogP contribution in [0.1, 0.15) is 55.3 Å². The van der Waals surface area contributed by atoms with Crippen molar-refractivity contribution in [1.82, 2.24) is 9.97 Å². The lowest BCUT2D eigenvalue weighted by Crippen LogP contribution is -2.31. The summed E-state index contributed by atoms with van der Waals surface area (Å²) in [6.07, 6.45) is 0.549. The van der Waals surface area contributed by atoms with Crippen LogP contribution >= 0.6 is 0 Å². The summed E-state index contributed by atoms with van der Waals surface area (Å²) in [7, 11) is 1.89. The smallest absolute Gasteiger partial charge is 0.135 e. The molecule has 24 heavy (non-hydrogen) atoms. The maximum absolute atomic E-state index is 9.76. The van der Waals surface area contributed by atoms with Gasteiger partial charge in [-0.15, -0.1) is 0 Å². The second-order valence-corrected chi connectivity index (χ2v) is 6.75. The Kier molecular flexibility index (Phi) is 4.71. The van der Waals surface area contributed by atoms with Gasteiger partial charge in [0.15, 0.2) is 0 Å². The molecular formula is C19H26N4O. The van der Waals surface area contributed by atoms with E-state index in [4.69, 9.17) is 4.98 Å². The van der Waals surface area contributed by atoms with Crippen molar-refractivity contribution < 1.29 is 5.11 Å². The van der Waals surface area contributed by atoms with Gasteiger partial charge in [0.05, 0.1) is 6.10 Å². The molecule has 1 aliphatic heterocycles. The molecule has 5 heteroatoms. The number of hydrogen-bond acceptors (Lipinski definition) is 5. The molecule has 2 aromatic rings. The van der Waals surface area contributed by atoms with Gasteiger partial charge in [0, 0.05) is 32.1 Å². The SMILES string of the molecule is CNc1cc(N2CCc3cc([C@H](C)O)ccc3C2)nc(C(C)C)n1. The van der Waals surface area contributed by atoms with E-state index in [2.05, 4.69) is 41.2 Å². The molecule has 5 nitrogen and oxygen atoms in total. The van der Waals surface area contributed by atoms with Crippen LogP contribution in [0.25, 0.3) is 0 Å². The van der Waals surface area contributed by atoms with Gasteiger partial charge >= 0.3 is 0 Å². The zero-order valence-electron chi connectivity index (χ0n) is 14.9. The normalized spacial score (nSPS) is 15.3. The molecule has 0 saturated heterocycles. The summed E-state index contributed by atoms with van der Waals surface area (Å²) < 4.78 is 0. The number of benzene rings is 1. The maximum atomic E-state index is 9.76. The van der Waals surface area contributed by atoms with Crippen LogP contribution in [-0.2, 0) is 13.0 Å². The van der Waals surface area contributed by atoms with Crippen molar-refractivity contribution >= 4 is 11.6 Å². The van der Waals surface area contributed by atoms with Gasteiger partial charge in [-0.3, -0.25) is 0 Å². The number of hydrogen-bond donors (Lipinski definition) is 2. The molecule has 0 bridgehead atoms. The summed E-state index contributed by atoms with van der Waals surface area (Å²) in [5.74, 6) is 3.00. The Morgan fingerprint density at radius 3 is 2.58 bits per heavy atom. The van der Waals surface area contributed by atoms with Crippen molar-refractivity contribution in [3.8, 4) is 0 Å². The molecule has 0 radical (unpaired) electrons. The highest BCUT2D eigenvalue weighted by molar-refractivity contribution is 5.52. The number of anilines is 2. The van der Waals surface area contributed by atoms with Crippen molar-refractivity contribution in [3.05, 3.63) is 46.8 Å². The number of rotatable bonds is 4. The van der Waals surface area contributed by atoms with Crippen molar-refractivity contribution in [2.75, 3.05) is 23.8 Å². The number of nitrogens with one attached hydrogen (secondary N) is 1. The van der Waals surface area contributed by atoms with Crippen molar-refractivity contribution in [2.24, 2.45) is 0 Å². The van der Waals surface area contributed by atoms with Gasteiger partial charge in [-0.2, -0.15) is 0 Å². The van der Waals surface area contributed by atoms with E-state index in [9.17, 15) is 5.11 Å². The third kappa shape index (κ3) is 3.36. The molecule has 0 aliphatic carbocycles. The summed E-state index contributed by atoms with van der Waals surface area (Å²) in [5, 5.41) is 12.9. The molecule has 1 aromatic heterocycles. The monoisotopic (exact) mass is 326 g/mol. The van der Waals surface area contributed by atoms with Crippen LogP contribution in [0, 0.1) is 0 Å². The third-order valence-electron chi connectivity index (χ3n) is 4.55. The highest BCUT2D eigenvalue weighted by atomic mass is 16.3. The molecule has 0 unspecified atom stereocenters. The zero-order valence-corrected chi connectivity index (χ0v) is 14.9. The Morgan fingerprint density at radius 2 is 1.92 bits per heavy atom. The van der Waals surface area contributed by atoms with Gasteiger partial charge in [-0.1, -0.05) is 32.0 Å². The molecule has 0 amide bonds. The van der Waals surface area contributed by atoms with Crippen LogP contribution in [-0.4, -0.2) is 28.7 Å².